The summed E-state index contributed by atoms with van der Waals surface area (Å²) < 4.78 is 3.79. The van der Waals surface area contributed by atoms with Crippen molar-refractivity contribution >= 4 is 11.5 Å². The number of aromatic nitrogens is 2. The second-order valence-corrected chi connectivity index (χ2v) is 3.65. The van der Waals surface area contributed by atoms with Crippen LogP contribution in [-0.4, -0.2) is 9.59 Å². The van der Waals surface area contributed by atoms with E-state index < -0.39 is 0 Å². The van der Waals surface area contributed by atoms with Crippen molar-refractivity contribution < 1.29 is 0 Å². The van der Waals surface area contributed by atoms with Crippen LogP contribution in [0.1, 0.15) is 31.5 Å². The Morgan fingerprint density at radius 3 is 3.08 bits per heavy atom. The lowest BCUT2D eigenvalue weighted by molar-refractivity contribution is 0.503. The molecule has 1 unspecified atom stereocenters. The predicted octanol–water partition coefficient (Wildman–Crippen LogP) is 1.40. The molecule has 0 aliphatic carbocycles. The highest BCUT2D eigenvalue weighted by Gasteiger charge is 2.11. The van der Waals surface area contributed by atoms with E-state index in [4.69, 9.17) is 5.84 Å². The van der Waals surface area contributed by atoms with Gasteiger partial charge in [-0.1, -0.05) is 10.1 Å². The van der Waals surface area contributed by atoms with Crippen LogP contribution in [0.4, 0.5) is 0 Å². The summed E-state index contributed by atoms with van der Waals surface area (Å²) in [6.07, 6.45) is 1.86. The summed E-state index contributed by atoms with van der Waals surface area (Å²) in [4.78, 5) is 0. The molecule has 1 aromatic heterocycles. The minimum Gasteiger partial charge on any atom is -0.271 e. The fourth-order valence-electron chi connectivity index (χ4n) is 1.03. The molecule has 0 saturated carbocycles. The van der Waals surface area contributed by atoms with E-state index in [1.54, 1.807) is 0 Å². The Bertz CT molecular complexity index is 257. The van der Waals surface area contributed by atoms with Gasteiger partial charge >= 0.3 is 0 Å². The Balaban J connectivity index is 2.49. The van der Waals surface area contributed by atoms with Gasteiger partial charge in [-0.3, -0.25) is 11.3 Å². The molecule has 1 atom stereocenters. The number of nitrogens with two attached hydrogens (primary N) is 1. The Kier molecular flexibility index (Phi) is 4.01. The first-order valence-corrected chi connectivity index (χ1v) is 4.95. The van der Waals surface area contributed by atoms with Crippen LogP contribution < -0.4 is 11.3 Å². The molecule has 13 heavy (non-hydrogen) atoms. The van der Waals surface area contributed by atoms with E-state index in [0.29, 0.717) is 0 Å². The lowest BCUT2D eigenvalue weighted by Gasteiger charge is -2.12. The number of hydrogen-bond donors (Lipinski definition) is 2. The highest BCUT2D eigenvalue weighted by Crippen LogP contribution is 2.17. The molecular weight excluding hydrogens is 184 g/mol. The van der Waals surface area contributed by atoms with Crippen LogP contribution in [0.25, 0.3) is 0 Å². The molecule has 0 aliphatic heterocycles. The second-order valence-electron chi connectivity index (χ2n) is 3.04. The standard InChI is InChI=1S/C8H14N4S/c1-6(2)3-4-7(10-9)8-5-13-12-11-8/h5,7,10H,1,3-4,9H2,2H3. The Morgan fingerprint density at radius 1 is 1.85 bits per heavy atom. The molecule has 4 nitrogen and oxygen atoms in total. The van der Waals surface area contributed by atoms with Gasteiger partial charge in [0.25, 0.3) is 0 Å². The van der Waals surface area contributed by atoms with Crippen molar-refractivity contribution in [3.63, 3.8) is 0 Å². The topological polar surface area (TPSA) is 63.8 Å². The summed E-state index contributed by atoms with van der Waals surface area (Å²) in [5.41, 5.74) is 4.79. The van der Waals surface area contributed by atoms with Crippen molar-refractivity contribution in [1.82, 2.24) is 15.0 Å². The minimum atomic E-state index is 0.0930. The zero-order valence-corrected chi connectivity index (χ0v) is 8.47. The largest absolute Gasteiger partial charge is 0.271 e. The molecule has 72 valence electrons. The molecule has 0 aliphatic rings. The predicted molar refractivity (Wildman–Crippen MR) is 54.0 cm³/mol. The molecule has 3 N–H and O–H groups in total. The third kappa shape index (κ3) is 3.22. The Morgan fingerprint density at radius 2 is 2.62 bits per heavy atom. The van der Waals surface area contributed by atoms with E-state index >= 15 is 0 Å². The van der Waals surface area contributed by atoms with Crippen LogP contribution in [-0.2, 0) is 0 Å². The summed E-state index contributed by atoms with van der Waals surface area (Å²) in [7, 11) is 0. The molecule has 0 fully saturated rings. The third-order valence-corrected chi connectivity index (χ3v) is 2.32. The van der Waals surface area contributed by atoms with Gasteiger partial charge in [-0.25, -0.2) is 0 Å². The number of hydrazine groups is 1. The quantitative estimate of drug-likeness (QED) is 0.426. The van der Waals surface area contributed by atoms with Gasteiger partial charge in [0, 0.05) is 5.38 Å². The summed E-state index contributed by atoms with van der Waals surface area (Å²) >= 11 is 1.34. The maximum Gasteiger partial charge on any atom is 0.0938 e. The van der Waals surface area contributed by atoms with E-state index in [2.05, 4.69) is 21.6 Å². The lowest BCUT2D eigenvalue weighted by atomic mass is 10.1. The van der Waals surface area contributed by atoms with Crippen LogP contribution in [0, 0.1) is 0 Å². The van der Waals surface area contributed by atoms with Crippen molar-refractivity contribution in [2.24, 2.45) is 5.84 Å². The number of allylic oxidation sites excluding steroid dienone is 1. The average molecular weight is 198 g/mol. The van der Waals surface area contributed by atoms with E-state index in [1.807, 2.05) is 12.3 Å². The van der Waals surface area contributed by atoms with Gasteiger partial charge < -0.3 is 0 Å². The zero-order chi connectivity index (χ0) is 9.68. The normalized spacial score (nSPS) is 12.8. The van der Waals surface area contributed by atoms with E-state index in [0.717, 1.165) is 24.1 Å². The summed E-state index contributed by atoms with van der Waals surface area (Å²) in [6, 6.07) is 0.0930. The van der Waals surface area contributed by atoms with E-state index in [9.17, 15) is 0 Å². The molecule has 0 amide bonds. The molecule has 0 saturated heterocycles. The molecule has 0 aromatic carbocycles. The maximum atomic E-state index is 5.41. The van der Waals surface area contributed by atoms with Crippen LogP contribution in [0.2, 0.25) is 0 Å². The van der Waals surface area contributed by atoms with Gasteiger partial charge in [0.15, 0.2) is 0 Å². The molecule has 1 heterocycles. The number of nitrogens with one attached hydrogen (secondary N) is 1. The monoisotopic (exact) mass is 198 g/mol. The molecule has 1 aromatic rings. The van der Waals surface area contributed by atoms with Crippen LogP contribution >= 0.6 is 11.5 Å². The van der Waals surface area contributed by atoms with Gasteiger partial charge in [-0.2, -0.15) is 0 Å². The summed E-state index contributed by atoms with van der Waals surface area (Å²) in [5.74, 6) is 5.41. The Hall–Kier alpha value is -0.780. The highest BCUT2D eigenvalue weighted by molar-refractivity contribution is 7.03. The minimum absolute atomic E-state index is 0.0930. The average Bonchev–Trinajstić information content (AvgIpc) is 2.58. The first-order chi connectivity index (χ1) is 6.24. The van der Waals surface area contributed by atoms with Crippen molar-refractivity contribution in [2.75, 3.05) is 0 Å². The molecule has 0 radical (unpaired) electrons. The van der Waals surface area contributed by atoms with Crippen molar-refractivity contribution in [2.45, 2.75) is 25.8 Å². The SMILES string of the molecule is C=C(C)CCC(NN)c1csnn1. The molecule has 5 heteroatoms. The summed E-state index contributed by atoms with van der Waals surface area (Å²) in [5, 5.41) is 5.87. The zero-order valence-electron chi connectivity index (χ0n) is 7.66. The second kappa shape index (κ2) is 5.06. The first kappa shape index (κ1) is 10.3. The maximum absolute atomic E-state index is 5.41. The molecular formula is C8H14N4S. The Labute approximate surface area is 82.0 Å². The third-order valence-electron chi connectivity index (χ3n) is 1.79. The lowest BCUT2D eigenvalue weighted by Crippen LogP contribution is -2.28. The van der Waals surface area contributed by atoms with E-state index in [-0.39, 0.29) is 6.04 Å². The number of nitrogens with zero attached hydrogens (tertiary/aromatic N) is 2. The number of hydrogen-bond acceptors (Lipinski definition) is 5. The molecule has 1 rings (SSSR count). The fraction of sp³-hybridized carbons (Fsp3) is 0.500. The van der Waals surface area contributed by atoms with Gasteiger partial charge in [0.2, 0.25) is 0 Å². The van der Waals surface area contributed by atoms with Crippen molar-refractivity contribution in [1.29, 1.82) is 0 Å². The van der Waals surface area contributed by atoms with Gasteiger partial charge in [0.05, 0.1) is 11.7 Å². The molecule has 0 bridgehead atoms. The smallest absolute Gasteiger partial charge is 0.0938 e. The van der Waals surface area contributed by atoms with E-state index in [1.165, 1.54) is 11.5 Å². The fourth-order valence-corrected chi connectivity index (χ4v) is 1.54. The van der Waals surface area contributed by atoms with Gasteiger partial charge in [-0.05, 0) is 31.3 Å². The molecule has 0 spiro atoms. The first-order valence-electron chi connectivity index (χ1n) is 4.11. The summed E-state index contributed by atoms with van der Waals surface area (Å²) in [6.45, 7) is 5.85. The van der Waals surface area contributed by atoms with Crippen LogP contribution in [0.3, 0.4) is 0 Å². The van der Waals surface area contributed by atoms with Crippen LogP contribution in [0.15, 0.2) is 17.5 Å². The van der Waals surface area contributed by atoms with Crippen molar-refractivity contribution in [3.8, 4) is 0 Å². The number of rotatable bonds is 5. The van der Waals surface area contributed by atoms with Gasteiger partial charge in [-0.15, -0.1) is 11.7 Å². The van der Waals surface area contributed by atoms with Crippen molar-refractivity contribution in [3.05, 3.63) is 23.2 Å². The highest BCUT2D eigenvalue weighted by atomic mass is 32.1. The van der Waals surface area contributed by atoms with Crippen LogP contribution in [0.5, 0.6) is 0 Å². The van der Waals surface area contributed by atoms with Gasteiger partial charge in [0.1, 0.15) is 0 Å².